The average molecular weight is 363 g/mol. The third-order valence-electron chi connectivity index (χ3n) is 6.31. The van der Waals surface area contributed by atoms with E-state index in [4.69, 9.17) is 9.16 Å². The molecule has 0 saturated heterocycles. The van der Waals surface area contributed by atoms with Crippen LogP contribution in [0.1, 0.15) is 58.9 Å². The Kier molecular flexibility index (Phi) is 7.30. The predicted octanol–water partition coefficient (Wildman–Crippen LogP) is 6.42. The van der Waals surface area contributed by atoms with E-state index >= 15 is 0 Å². The quantitative estimate of drug-likeness (QED) is 0.521. The zero-order valence-electron chi connectivity index (χ0n) is 17.2. The second kappa shape index (κ2) is 8.83. The zero-order chi connectivity index (χ0) is 18.5. The summed E-state index contributed by atoms with van der Waals surface area (Å²) in [5.74, 6) is 1.44. The molecule has 1 atom stereocenters. The summed E-state index contributed by atoms with van der Waals surface area (Å²) in [6.07, 6.45) is 5.53. The molecular weight excluding hydrogens is 324 g/mol. The van der Waals surface area contributed by atoms with E-state index in [9.17, 15) is 0 Å². The van der Waals surface area contributed by atoms with Crippen molar-refractivity contribution in [1.82, 2.24) is 0 Å². The minimum Gasteiger partial charge on any atom is -0.414 e. The van der Waals surface area contributed by atoms with Crippen LogP contribution < -0.4 is 0 Å². The molecule has 0 heterocycles. The third-order valence-corrected chi connectivity index (χ3v) is 10.9. The maximum Gasteiger partial charge on any atom is 0.192 e. The fraction of sp³-hybridized carbons (Fsp3) is 0.727. The predicted molar refractivity (Wildman–Crippen MR) is 109 cm³/mol. The van der Waals surface area contributed by atoms with Crippen molar-refractivity contribution in [3.63, 3.8) is 0 Å². The van der Waals surface area contributed by atoms with Gasteiger partial charge in [0.05, 0.1) is 6.61 Å². The van der Waals surface area contributed by atoms with Crippen molar-refractivity contribution in [3.8, 4) is 0 Å². The molecule has 142 valence electrons. The minimum atomic E-state index is -1.65. The molecular formula is C22H38O2Si. The summed E-state index contributed by atoms with van der Waals surface area (Å²) in [5, 5.41) is 0.295. The first-order chi connectivity index (χ1) is 11.7. The van der Waals surface area contributed by atoms with Gasteiger partial charge in [-0.15, -0.1) is 0 Å². The zero-order valence-corrected chi connectivity index (χ0v) is 18.2. The Morgan fingerprint density at radius 3 is 2.20 bits per heavy atom. The van der Waals surface area contributed by atoms with Crippen LogP contribution in [0.25, 0.3) is 0 Å². The maximum atomic E-state index is 6.62. The molecule has 0 spiro atoms. The standard InChI is InChI=1S/C22H38O2Si/c1-18(24-25(5,6)22(2,3)4)21-14-12-20(13-15-21)17-23-16-19-10-8-7-9-11-19/h7-11,18,20-21H,12-17H2,1-6H3. The van der Waals surface area contributed by atoms with Crippen LogP contribution in [0.2, 0.25) is 18.1 Å². The van der Waals surface area contributed by atoms with Crippen LogP contribution in [-0.4, -0.2) is 21.0 Å². The van der Waals surface area contributed by atoms with Crippen molar-refractivity contribution in [2.45, 2.75) is 84.2 Å². The molecule has 0 radical (unpaired) electrons. The summed E-state index contributed by atoms with van der Waals surface area (Å²) in [6, 6.07) is 10.5. The molecule has 1 fully saturated rings. The lowest BCUT2D eigenvalue weighted by atomic mass is 9.80. The normalized spacial score (nSPS) is 23.4. The van der Waals surface area contributed by atoms with Crippen molar-refractivity contribution < 1.29 is 9.16 Å². The molecule has 1 saturated carbocycles. The molecule has 2 nitrogen and oxygen atoms in total. The van der Waals surface area contributed by atoms with Gasteiger partial charge in [0.2, 0.25) is 0 Å². The molecule has 2 rings (SSSR count). The summed E-state index contributed by atoms with van der Waals surface area (Å²) in [6.45, 7) is 15.7. The molecule has 1 aromatic carbocycles. The Bertz CT molecular complexity index is 499. The Balaban J connectivity index is 1.70. The van der Waals surface area contributed by atoms with Gasteiger partial charge in [0.25, 0.3) is 0 Å². The molecule has 0 aliphatic heterocycles. The van der Waals surface area contributed by atoms with Crippen molar-refractivity contribution in [2.75, 3.05) is 6.61 Å². The second-order valence-corrected chi connectivity index (χ2v) is 14.1. The lowest BCUT2D eigenvalue weighted by molar-refractivity contribution is 0.0461. The highest BCUT2D eigenvalue weighted by molar-refractivity contribution is 6.74. The van der Waals surface area contributed by atoms with Crippen molar-refractivity contribution in [1.29, 1.82) is 0 Å². The molecule has 0 N–H and O–H groups in total. The third kappa shape index (κ3) is 6.23. The fourth-order valence-electron chi connectivity index (χ4n) is 3.48. The van der Waals surface area contributed by atoms with E-state index in [2.05, 4.69) is 71.1 Å². The number of ether oxygens (including phenoxy) is 1. The Morgan fingerprint density at radius 1 is 1.04 bits per heavy atom. The van der Waals surface area contributed by atoms with Gasteiger partial charge in [-0.3, -0.25) is 0 Å². The molecule has 1 unspecified atom stereocenters. The van der Waals surface area contributed by atoms with E-state index in [0.717, 1.165) is 25.0 Å². The van der Waals surface area contributed by atoms with Crippen LogP contribution in [0.15, 0.2) is 30.3 Å². The molecule has 0 aromatic heterocycles. The summed E-state index contributed by atoms with van der Waals surface area (Å²) in [4.78, 5) is 0. The van der Waals surface area contributed by atoms with Crippen LogP contribution in [-0.2, 0) is 15.8 Å². The number of benzene rings is 1. The van der Waals surface area contributed by atoms with Gasteiger partial charge in [-0.25, -0.2) is 0 Å². The Morgan fingerprint density at radius 2 is 1.64 bits per heavy atom. The first-order valence-electron chi connectivity index (χ1n) is 9.98. The van der Waals surface area contributed by atoms with Crippen LogP contribution in [0.5, 0.6) is 0 Å². The van der Waals surface area contributed by atoms with Gasteiger partial charge in [-0.05, 0) is 68.1 Å². The lowest BCUT2D eigenvalue weighted by Crippen LogP contribution is -2.45. The minimum absolute atomic E-state index is 0.295. The summed E-state index contributed by atoms with van der Waals surface area (Å²) < 4.78 is 12.6. The number of rotatable bonds is 7. The van der Waals surface area contributed by atoms with E-state index in [1.165, 1.54) is 31.2 Å². The molecule has 1 aromatic rings. The van der Waals surface area contributed by atoms with Gasteiger partial charge in [0.15, 0.2) is 8.32 Å². The topological polar surface area (TPSA) is 18.5 Å². The first-order valence-corrected chi connectivity index (χ1v) is 12.9. The molecule has 25 heavy (non-hydrogen) atoms. The van der Waals surface area contributed by atoms with E-state index in [0.29, 0.717) is 11.1 Å². The van der Waals surface area contributed by atoms with Gasteiger partial charge in [0, 0.05) is 12.7 Å². The van der Waals surface area contributed by atoms with Crippen LogP contribution in [0, 0.1) is 11.8 Å². The first kappa shape index (κ1) is 20.7. The Labute approximate surface area is 156 Å². The molecule has 0 amide bonds. The van der Waals surface area contributed by atoms with Gasteiger partial charge >= 0.3 is 0 Å². The lowest BCUT2D eigenvalue weighted by Gasteiger charge is -2.41. The molecule has 1 aliphatic carbocycles. The van der Waals surface area contributed by atoms with Gasteiger partial charge < -0.3 is 9.16 Å². The van der Waals surface area contributed by atoms with Crippen LogP contribution in [0.3, 0.4) is 0 Å². The van der Waals surface area contributed by atoms with E-state index in [1.807, 2.05) is 0 Å². The highest BCUT2D eigenvalue weighted by Crippen LogP contribution is 2.40. The van der Waals surface area contributed by atoms with Crippen molar-refractivity contribution in [2.24, 2.45) is 11.8 Å². The largest absolute Gasteiger partial charge is 0.414 e. The fourth-order valence-corrected chi connectivity index (χ4v) is 4.96. The van der Waals surface area contributed by atoms with Gasteiger partial charge in [-0.2, -0.15) is 0 Å². The van der Waals surface area contributed by atoms with E-state index in [-0.39, 0.29) is 0 Å². The maximum absolute atomic E-state index is 6.62. The highest BCUT2D eigenvalue weighted by Gasteiger charge is 2.40. The van der Waals surface area contributed by atoms with Crippen LogP contribution >= 0.6 is 0 Å². The highest BCUT2D eigenvalue weighted by atomic mass is 28.4. The second-order valence-electron chi connectivity index (χ2n) is 9.36. The molecule has 3 heteroatoms. The summed E-state index contributed by atoms with van der Waals surface area (Å²) in [7, 11) is -1.65. The summed E-state index contributed by atoms with van der Waals surface area (Å²) in [5.41, 5.74) is 1.27. The van der Waals surface area contributed by atoms with Gasteiger partial charge in [-0.1, -0.05) is 51.1 Å². The monoisotopic (exact) mass is 362 g/mol. The molecule has 1 aliphatic rings. The van der Waals surface area contributed by atoms with Crippen molar-refractivity contribution >= 4 is 8.32 Å². The Hall–Kier alpha value is -0.643. The SMILES string of the molecule is CC(O[Si](C)(C)C(C)(C)C)C1CCC(COCc2ccccc2)CC1. The van der Waals surface area contributed by atoms with Crippen LogP contribution in [0.4, 0.5) is 0 Å². The number of hydrogen-bond donors (Lipinski definition) is 0. The van der Waals surface area contributed by atoms with Crippen molar-refractivity contribution in [3.05, 3.63) is 35.9 Å². The van der Waals surface area contributed by atoms with Gasteiger partial charge in [0.1, 0.15) is 0 Å². The molecule has 0 bridgehead atoms. The van der Waals surface area contributed by atoms with E-state index < -0.39 is 8.32 Å². The average Bonchev–Trinajstić information content (AvgIpc) is 2.55. The smallest absolute Gasteiger partial charge is 0.192 e. The van der Waals surface area contributed by atoms with E-state index in [1.54, 1.807) is 0 Å². The number of hydrogen-bond acceptors (Lipinski definition) is 2. The summed E-state index contributed by atoms with van der Waals surface area (Å²) >= 11 is 0.